The number of carbonyl (C=O) groups is 1. The summed E-state index contributed by atoms with van der Waals surface area (Å²) in [6, 6.07) is 4.70. The van der Waals surface area contributed by atoms with Gasteiger partial charge in [0.2, 0.25) is 15.9 Å². The van der Waals surface area contributed by atoms with Crippen LogP contribution in [0.1, 0.15) is 23.9 Å². The van der Waals surface area contributed by atoms with Crippen LogP contribution in [-0.2, 0) is 27.7 Å². The Balaban J connectivity index is 1.37. The highest BCUT2D eigenvalue weighted by atomic mass is 32.2. The molecule has 1 aromatic heterocycles. The summed E-state index contributed by atoms with van der Waals surface area (Å²) >= 11 is 1.51. The van der Waals surface area contributed by atoms with E-state index in [0.29, 0.717) is 11.0 Å². The first kappa shape index (κ1) is 18.5. The van der Waals surface area contributed by atoms with Crippen LogP contribution in [0, 0.1) is 17.7 Å². The van der Waals surface area contributed by atoms with Crippen molar-refractivity contribution in [2.45, 2.75) is 31.1 Å². The number of hydrogen-bond acceptors (Lipinski definition) is 5. The fraction of sp³-hybridized carbons (Fsp3) is 0.444. The quantitative estimate of drug-likeness (QED) is 0.842. The molecule has 144 valence electrons. The summed E-state index contributed by atoms with van der Waals surface area (Å²) in [5.74, 6) is -0.464. The lowest BCUT2D eigenvalue weighted by Crippen LogP contribution is -2.54. The molecule has 1 aliphatic heterocycles. The van der Waals surface area contributed by atoms with E-state index in [2.05, 4.69) is 17.2 Å². The Bertz CT molecular complexity index is 966. The number of nitrogens with one attached hydrogen (secondary N) is 1. The van der Waals surface area contributed by atoms with Crippen LogP contribution >= 0.6 is 11.3 Å². The molecule has 0 bridgehead atoms. The molecule has 2 aromatic rings. The molecule has 0 unspecified atom stereocenters. The first-order valence-electron chi connectivity index (χ1n) is 8.88. The summed E-state index contributed by atoms with van der Waals surface area (Å²) in [4.78, 5) is 18.2. The fourth-order valence-electron chi connectivity index (χ4n) is 3.36. The number of anilines is 1. The van der Waals surface area contributed by atoms with E-state index in [4.69, 9.17) is 0 Å². The molecule has 1 aromatic carbocycles. The second-order valence-electron chi connectivity index (χ2n) is 7.20. The topological polar surface area (TPSA) is 79.4 Å². The maximum absolute atomic E-state index is 13.0. The van der Waals surface area contributed by atoms with Gasteiger partial charge in [0, 0.05) is 18.0 Å². The number of thiazole rings is 1. The molecule has 9 heteroatoms. The van der Waals surface area contributed by atoms with Gasteiger partial charge in [-0.2, -0.15) is 4.31 Å². The molecule has 6 nitrogen and oxygen atoms in total. The van der Waals surface area contributed by atoms with Crippen molar-refractivity contribution in [3.8, 4) is 0 Å². The fourth-order valence-corrected chi connectivity index (χ4v) is 6.06. The van der Waals surface area contributed by atoms with Crippen LogP contribution in [0.5, 0.6) is 0 Å². The zero-order chi connectivity index (χ0) is 19.2. The minimum Gasteiger partial charge on any atom is -0.302 e. The highest BCUT2D eigenvalue weighted by molar-refractivity contribution is 7.89. The molecule has 1 aliphatic carbocycles. The molecule has 2 heterocycles. The molecule has 4 rings (SSSR count). The van der Waals surface area contributed by atoms with Gasteiger partial charge in [0.1, 0.15) is 5.82 Å². The second-order valence-corrected chi connectivity index (χ2v) is 10.2. The maximum Gasteiger partial charge on any atom is 0.243 e. The van der Waals surface area contributed by atoms with E-state index >= 15 is 0 Å². The maximum atomic E-state index is 13.0. The standard InChI is InChI=1S/C18H20FN3O3S2/c1-11-2-7-15-16(8-11)26-18(20-15)21-17(23)12-9-22(10-12)27(24,25)14-5-3-13(19)4-6-14/h3-6,11-12H,2,7-10H2,1H3,(H,20,21,23)/t11-/m1/s1. The van der Waals surface area contributed by atoms with Crippen molar-refractivity contribution in [1.82, 2.24) is 9.29 Å². The number of carbonyl (C=O) groups excluding carboxylic acids is 1. The van der Waals surface area contributed by atoms with Crippen molar-refractivity contribution >= 4 is 32.4 Å². The number of aryl methyl sites for hydroxylation is 1. The van der Waals surface area contributed by atoms with Crippen molar-refractivity contribution in [3.05, 3.63) is 40.7 Å². The van der Waals surface area contributed by atoms with Crippen LogP contribution < -0.4 is 5.32 Å². The molecule has 0 radical (unpaired) electrons. The van der Waals surface area contributed by atoms with Crippen LogP contribution in [0.15, 0.2) is 29.2 Å². The lowest BCUT2D eigenvalue weighted by Gasteiger charge is -2.36. The van der Waals surface area contributed by atoms with E-state index < -0.39 is 21.8 Å². The van der Waals surface area contributed by atoms with Crippen molar-refractivity contribution in [2.24, 2.45) is 11.8 Å². The Morgan fingerprint density at radius 1 is 1.30 bits per heavy atom. The molecular formula is C18H20FN3O3S2. The second kappa shape index (κ2) is 6.96. The van der Waals surface area contributed by atoms with E-state index in [1.54, 1.807) is 0 Å². The van der Waals surface area contributed by atoms with Crippen molar-refractivity contribution < 1.29 is 17.6 Å². The van der Waals surface area contributed by atoms with Crippen molar-refractivity contribution in [1.29, 1.82) is 0 Å². The molecule has 1 amide bonds. The number of halogens is 1. The number of nitrogens with zero attached hydrogens (tertiary/aromatic N) is 2. The minimum absolute atomic E-state index is 0.0319. The lowest BCUT2D eigenvalue weighted by atomic mass is 9.93. The summed E-state index contributed by atoms with van der Waals surface area (Å²) in [6.45, 7) is 2.45. The third-order valence-electron chi connectivity index (χ3n) is 5.09. The average Bonchev–Trinajstić information content (AvgIpc) is 2.94. The van der Waals surface area contributed by atoms with Gasteiger partial charge in [-0.05, 0) is 49.4 Å². The molecule has 0 saturated carbocycles. The van der Waals surface area contributed by atoms with Gasteiger partial charge in [0.25, 0.3) is 0 Å². The Labute approximate surface area is 161 Å². The zero-order valence-electron chi connectivity index (χ0n) is 14.8. The van der Waals surface area contributed by atoms with Gasteiger partial charge in [-0.1, -0.05) is 6.92 Å². The number of hydrogen-bond donors (Lipinski definition) is 1. The van der Waals surface area contributed by atoms with Crippen LogP contribution in [0.3, 0.4) is 0 Å². The highest BCUT2D eigenvalue weighted by Crippen LogP contribution is 2.33. The first-order valence-corrected chi connectivity index (χ1v) is 11.1. The van der Waals surface area contributed by atoms with Crippen molar-refractivity contribution in [2.75, 3.05) is 18.4 Å². The minimum atomic E-state index is -3.69. The zero-order valence-corrected chi connectivity index (χ0v) is 16.4. The van der Waals surface area contributed by atoms with E-state index in [-0.39, 0.29) is 23.9 Å². The summed E-state index contributed by atoms with van der Waals surface area (Å²) in [5.41, 5.74) is 1.07. The lowest BCUT2D eigenvalue weighted by molar-refractivity contribution is -0.122. The van der Waals surface area contributed by atoms with Gasteiger partial charge >= 0.3 is 0 Å². The predicted molar refractivity (Wildman–Crippen MR) is 101 cm³/mol. The summed E-state index contributed by atoms with van der Waals surface area (Å²) < 4.78 is 39.2. The first-order chi connectivity index (χ1) is 12.8. The Morgan fingerprint density at radius 3 is 2.70 bits per heavy atom. The Morgan fingerprint density at radius 2 is 2.00 bits per heavy atom. The van der Waals surface area contributed by atoms with Crippen molar-refractivity contribution in [3.63, 3.8) is 0 Å². The number of amides is 1. The number of fused-ring (bicyclic) bond motifs is 1. The van der Waals surface area contributed by atoms with E-state index in [1.165, 1.54) is 32.7 Å². The Kier molecular flexibility index (Phi) is 4.77. The number of benzene rings is 1. The van der Waals surface area contributed by atoms with Crippen LogP contribution in [0.2, 0.25) is 0 Å². The molecule has 1 atom stereocenters. The van der Waals surface area contributed by atoms with Gasteiger partial charge in [-0.25, -0.2) is 17.8 Å². The van der Waals surface area contributed by atoms with E-state index in [0.717, 1.165) is 37.1 Å². The SMILES string of the molecule is C[C@@H]1CCc2nc(NC(=O)C3CN(S(=O)(=O)c4ccc(F)cc4)C3)sc2C1. The smallest absolute Gasteiger partial charge is 0.243 e. The number of aromatic nitrogens is 1. The molecule has 2 aliphatic rings. The summed E-state index contributed by atoms with van der Waals surface area (Å²) in [5, 5.41) is 3.43. The molecule has 0 spiro atoms. The van der Waals surface area contributed by atoms with Gasteiger partial charge in [0.15, 0.2) is 5.13 Å². The number of rotatable bonds is 4. The highest BCUT2D eigenvalue weighted by Gasteiger charge is 2.40. The molecule has 1 fully saturated rings. The third kappa shape index (κ3) is 3.63. The summed E-state index contributed by atoms with van der Waals surface area (Å²) in [6.07, 6.45) is 3.05. The normalized spacial score (nSPS) is 20.7. The molecule has 27 heavy (non-hydrogen) atoms. The van der Waals surface area contributed by atoms with Crippen LogP contribution in [-0.4, -0.2) is 36.7 Å². The Hall–Kier alpha value is -1.84. The molecule has 1 saturated heterocycles. The van der Waals surface area contributed by atoms with Gasteiger partial charge < -0.3 is 5.32 Å². The monoisotopic (exact) mass is 409 g/mol. The van der Waals surface area contributed by atoms with Gasteiger partial charge in [-0.3, -0.25) is 4.79 Å². The van der Waals surface area contributed by atoms with Crippen LogP contribution in [0.4, 0.5) is 9.52 Å². The van der Waals surface area contributed by atoms with Gasteiger partial charge in [0.05, 0.1) is 16.5 Å². The van der Waals surface area contributed by atoms with Crippen LogP contribution in [0.25, 0.3) is 0 Å². The molecular weight excluding hydrogens is 389 g/mol. The van der Waals surface area contributed by atoms with E-state index in [1.807, 2.05) is 0 Å². The summed E-state index contributed by atoms with van der Waals surface area (Å²) in [7, 11) is -3.69. The van der Waals surface area contributed by atoms with E-state index in [9.17, 15) is 17.6 Å². The predicted octanol–water partition coefficient (Wildman–Crippen LogP) is 2.67. The largest absolute Gasteiger partial charge is 0.302 e. The molecule has 1 N–H and O–H groups in total. The third-order valence-corrected chi connectivity index (χ3v) is 7.97. The van der Waals surface area contributed by atoms with Gasteiger partial charge in [-0.15, -0.1) is 11.3 Å². The number of sulfonamides is 1. The average molecular weight is 410 g/mol.